The minimum atomic E-state index is -4.69. The SMILES string of the molecule is COC(=O)N1CCCC1(c1ccc(NC2NN([C@@H](CC#N)C3CC3)C3CCNC(=O)C23)cc1)C(F)(F)F. The van der Waals surface area contributed by atoms with Gasteiger partial charge in [-0.15, -0.1) is 0 Å². The lowest BCUT2D eigenvalue weighted by molar-refractivity contribution is -0.222. The van der Waals surface area contributed by atoms with Gasteiger partial charge in [-0.3, -0.25) is 9.69 Å². The first-order valence-corrected chi connectivity index (χ1v) is 12.7. The van der Waals surface area contributed by atoms with Gasteiger partial charge in [-0.1, -0.05) is 12.1 Å². The molecule has 0 radical (unpaired) electrons. The van der Waals surface area contributed by atoms with E-state index in [4.69, 9.17) is 0 Å². The van der Waals surface area contributed by atoms with Crippen molar-refractivity contribution in [1.29, 1.82) is 5.26 Å². The summed E-state index contributed by atoms with van der Waals surface area (Å²) in [6.45, 7) is 0.511. The lowest BCUT2D eigenvalue weighted by atomic mass is 9.86. The van der Waals surface area contributed by atoms with Crippen molar-refractivity contribution in [2.45, 2.75) is 68.5 Å². The summed E-state index contributed by atoms with van der Waals surface area (Å²) in [5.41, 5.74) is 1.46. The number of ether oxygens (including phenoxy) is 1. The number of benzene rings is 1. The third-order valence-electron chi connectivity index (χ3n) is 8.21. The monoisotopic (exact) mass is 520 g/mol. The minimum Gasteiger partial charge on any atom is -0.453 e. The first kappa shape index (κ1) is 25.6. The number of hydrogen-bond acceptors (Lipinski definition) is 7. The molecule has 1 aliphatic carbocycles. The minimum absolute atomic E-state index is 0.0101. The number of anilines is 1. The Bertz CT molecular complexity index is 1070. The Balaban J connectivity index is 1.39. The highest BCUT2D eigenvalue weighted by Gasteiger charge is 2.63. The number of rotatable bonds is 6. The van der Waals surface area contributed by atoms with E-state index in [-0.39, 0.29) is 42.9 Å². The number of fused-ring (bicyclic) bond motifs is 1. The average molecular weight is 521 g/mol. The predicted octanol–water partition coefficient (Wildman–Crippen LogP) is 3.06. The molecule has 0 bridgehead atoms. The Morgan fingerprint density at radius 3 is 2.65 bits per heavy atom. The lowest BCUT2D eigenvalue weighted by Gasteiger charge is -2.39. The predicted molar refractivity (Wildman–Crippen MR) is 127 cm³/mol. The van der Waals surface area contributed by atoms with Crippen molar-refractivity contribution in [3.8, 4) is 6.07 Å². The molecular weight excluding hydrogens is 489 g/mol. The molecule has 1 aromatic carbocycles. The maximum Gasteiger partial charge on any atom is 0.416 e. The first-order chi connectivity index (χ1) is 17.7. The maximum absolute atomic E-state index is 14.4. The van der Waals surface area contributed by atoms with Crippen LogP contribution in [0.25, 0.3) is 0 Å². The van der Waals surface area contributed by atoms with E-state index >= 15 is 0 Å². The normalized spacial score (nSPS) is 30.8. The molecule has 1 aromatic rings. The fourth-order valence-corrected chi connectivity index (χ4v) is 6.32. The summed E-state index contributed by atoms with van der Waals surface area (Å²) in [5, 5.41) is 17.6. The molecule has 3 aliphatic heterocycles. The highest BCUT2D eigenvalue weighted by atomic mass is 19.4. The molecule has 4 aliphatic rings. The number of amides is 2. The van der Waals surface area contributed by atoms with Crippen molar-refractivity contribution in [2.24, 2.45) is 11.8 Å². The number of nitriles is 1. The third kappa shape index (κ3) is 4.38. The van der Waals surface area contributed by atoms with Gasteiger partial charge in [0.05, 0.1) is 25.5 Å². The van der Waals surface area contributed by atoms with Crippen LogP contribution in [0.15, 0.2) is 24.3 Å². The largest absolute Gasteiger partial charge is 0.453 e. The number of nitrogens with one attached hydrogen (secondary N) is 3. The zero-order chi connectivity index (χ0) is 26.4. The van der Waals surface area contributed by atoms with Gasteiger partial charge in [0.25, 0.3) is 0 Å². The number of likely N-dealkylation sites (tertiary alicyclic amines) is 1. The number of alkyl halides is 3. The van der Waals surface area contributed by atoms with E-state index in [0.29, 0.717) is 24.6 Å². The topological polar surface area (TPSA) is 110 Å². The summed E-state index contributed by atoms with van der Waals surface area (Å²) in [6.07, 6.45) is -3.01. The zero-order valence-electron chi connectivity index (χ0n) is 20.6. The highest BCUT2D eigenvalue weighted by Crippen LogP contribution is 2.51. The number of halogens is 3. The average Bonchev–Trinajstić information content (AvgIpc) is 3.49. The second-order valence-corrected chi connectivity index (χ2v) is 10.3. The molecule has 200 valence electrons. The second kappa shape index (κ2) is 9.68. The number of piperidine rings is 1. The van der Waals surface area contributed by atoms with Gasteiger partial charge in [0.1, 0.15) is 6.17 Å². The molecule has 4 unspecified atom stereocenters. The van der Waals surface area contributed by atoms with Gasteiger partial charge in [0.15, 0.2) is 5.54 Å². The van der Waals surface area contributed by atoms with Crippen LogP contribution in [-0.4, -0.2) is 66.5 Å². The van der Waals surface area contributed by atoms with Crippen molar-refractivity contribution < 1.29 is 27.5 Å². The van der Waals surface area contributed by atoms with E-state index in [0.717, 1.165) is 31.3 Å². The number of nitrogens with zero attached hydrogens (tertiary/aromatic N) is 3. The summed E-state index contributed by atoms with van der Waals surface area (Å²) in [6, 6.07) is 8.05. The van der Waals surface area contributed by atoms with E-state index in [2.05, 4.69) is 31.9 Å². The summed E-state index contributed by atoms with van der Waals surface area (Å²) in [7, 11) is 1.08. The summed E-state index contributed by atoms with van der Waals surface area (Å²) >= 11 is 0. The van der Waals surface area contributed by atoms with Gasteiger partial charge in [0, 0.05) is 30.9 Å². The van der Waals surface area contributed by atoms with E-state index in [9.17, 15) is 28.0 Å². The van der Waals surface area contributed by atoms with Crippen LogP contribution < -0.4 is 16.1 Å². The fraction of sp³-hybridized carbons (Fsp3) is 0.640. The fourth-order valence-electron chi connectivity index (χ4n) is 6.32. The quantitative estimate of drug-likeness (QED) is 0.529. The summed E-state index contributed by atoms with van der Waals surface area (Å²) < 4.78 is 47.9. The summed E-state index contributed by atoms with van der Waals surface area (Å²) in [4.78, 5) is 25.8. The smallest absolute Gasteiger partial charge is 0.416 e. The maximum atomic E-state index is 14.4. The van der Waals surface area contributed by atoms with E-state index < -0.39 is 29.9 Å². The Kier molecular flexibility index (Phi) is 6.70. The van der Waals surface area contributed by atoms with E-state index in [1.165, 1.54) is 12.1 Å². The molecule has 2 amide bonds. The van der Waals surface area contributed by atoms with Crippen molar-refractivity contribution >= 4 is 17.7 Å². The number of hydrogen-bond donors (Lipinski definition) is 3. The van der Waals surface area contributed by atoms with E-state index in [1.807, 2.05) is 0 Å². The van der Waals surface area contributed by atoms with Crippen LogP contribution in [0.2, 0.25) is 0 Å². The Morgan fingerprint density at radius 1 is 1.30 bits per heavy atom. The molecule has 0 spiro atoms. The van der Waals surface area contributed by atoms with Gasteiger partial charge in [0.2, 0.25) is 5.91 Å². The van der Waals surface area contributed by atoms with Crippen molar-refractivity contribution in [3.05, 3.63) is 29.8 Å². The van der Waals surface area contributed by atoms with Crippen LogP contribution in [0.5, 0.6) is 0 Å². The van der Waals surface area contributed by atoms with Gasteiger partial charge < -0.3 is 15.4 Å². The third-order valence-corrected chi connectivity index (χ3v) is 8.21. The molecule has 1 saturated carbocycles. The number of carbonyl (C=O) groups is 2. The van der Waals surface area contributed by atoms with Crippen LogP contribution in [0.4, 0.5) is 23.7 Å². The van der Waals surface area contributed by atoms with Crippen LogP contribution in [0.3, 0.4) is 0 Å². The molecule has 12 heteroatoms. The highest BCUT2D eigenvalue weighted by molar-refractivity contribution is 5.82. The first-order valence-electron chi connectivity index (χ1n) is 12.7. The number of hydrazine groups is 1. The number of carbonyl (C=O) groups excluding carboxylic acids is 2. The van der Waals surface area contributed by atoms with Crippen LogP contribution in [0.1, 0.15) is 44.1 Å². The van der Waals surface area contributed by atoms with Gasteiger partial charge in [-0.2, -0.15) is 18.4 Å². The lowest BCUT2D eigenvalue weighted by Crippen LogP contribution is -2.54. The standard InChI is InChI=1S/C25H31F3N6O3/c1-37-23(36)33-14-2-11-24(33,25(26,27)28)16-5-7-17(8-6-16)31-21-20-19(10-13-30-22(20)35)34(32-21)18(9-12-29)15-3-4-15/h5-8,15,18-21,31-32H,2-4,9-11,13-14H2,1H3,(H,30,35)/t18-,19?,20?,21?,24?/m0/s1. The van der Waals surface area contributed by atoms with Crippen LogP contribution in [-0.2, 0) is 15.1 Å². The molecule has 4 fully saturated rings. The molecular formula is C25H31F3N6O3. The van der Waals surface area contributed by atoms with Crippen LogP contribution in [0, 0.1) is 23.2 Å². The molecule has 37 heavy (non-hydrogen) atoms. The summed E-state index contributed by atoms with van der Waals surface area (Å²) in [5.74, 6) is -0.0966. The molecule has 3 heterocycles. The molecule has 5 atom stereocenters. The van der Waals surface area contributed by atoms with Gasteiger partial charge >= 0.3 is 12.3 Å². The number of methoxy groups -OCH3 is 1. The van der Waals surface area contributed by atoms with Crippen molar-refractivity contribution in [3.63, 3.8) is 0 Å². The Hall–Kier alpha value is -3.04. The Morgan fingerprint density at radius 2 is 2.03 bits per heavy atom. The Labute approximate surface area is 213 Å². The van der Waals surface area contributed by atoms with Crippen molar-refractivity contribution in [2.75, 3.05) is 25.5 Å². The second-order valence-electron chi connectivity index (χ2n) is 10.3. The molecule has 9 nitrogen and oxygen atoms in total. The molecule has 3 N–H and O–H groups in total. The van der Waals surface area contributed by atoms with Gasteiger partial charge in [-0.05, 0) is 55.7 Å². The zero-order valence-corrected chi connectivity index (χ0v) is 20.6. The molecule has 0 aromatic heterocycles. The van der Waals surface area contributed by atoms with E-state index in [1.54, 1.807) is 12.1 Å². The van der Waals surface area contributed by atoms with Gasteiger partial charge in [-0.25, -0.2) is 15.2 Å². The molecule has 5 rings (SSSR count). The molecule has 3 saturated heterocycles. The van der Waals surface area contributed by atoms with Crippen molar-refractivity contribution in [1.82, 2.24) is 20.7 Å². The van der Waals surface area contributed by atoms with Crippen LogP contribution >= 0.6 is 0 Å².